The summed E-state index contributed by atoms with van der Waals surface area (Å²) in [4.78, 5) is 11.2. The van der Waals surface area contributed by atoms with Crippen molar-refractivity contribution in [3.63, 3.8) is 0 Å². The van der Waals surface area contributed by atoms with Gasteiger partial charge in [-0.1, -0.05) is 12.1 Å². The summed E-state index contributed by atoms with van der Waals surface area (Å²) in [5.74, 6) is 0.0759. The van der Waals surface area contributed by atoms with E-state index in [0.29, 0.717) is 13.0 Å². The fraction of sp³-hybridized carbons (Fsp3) is 0.462. The van der Waals surface area contributed by atoms with Crippen molar-refractivity contribution >= 4 is 15.9 Å². The fourth-order valence-electron chi connectivity index (χ4n) is 2.29. The topological polar surface area (TPSA) is 101 Å². The van der Waals surface area contributed by atoms with Crippen LogP contribution in [0.25, 0.3) is 0 Å². The van der Waals surface area contributed by atoms with E-state index >= 15 is 0 Å². The molecule has 7 heteroatoms. The van der Waals surface area contributed by atoms with Gasteiger partial charge < -0.3 is 10.6 Å². The third kappa shape index (κ3) is 3.78. The number of nitrogens with two attached hydrogens (primary N) is 1. The van der Waals surface area contributed by atoms with Gasteiger partial charge in [-0.15, -0.1) is 0 Å². The number of carbonyl (C=O) groups excluding carboxylic acids is 1. The van der Waals surface area contributed by atoms with Gasteiger partial charge in [-0.25, -0.2) is 13.6 Å². The number of benzene rings is 1. The first kappa shape index (κ1) is 15.0. The third-order valence-electron chi connectivity index (χ3n) is 3.44. The van der Waals surface area contributed by atoms with E-state index in [1.54, 1.807) is 12.1 Å². The van der Waals surface area contributed by atoms with E-state index in [4.69, 9.17) is 5.14 Å². The Labute approximate surface area is 118 Å². The molecule has 1 aliphatic heterocycles. The number of amides is 1. The lowest BCUT2D eigenvalue weighted by Crippen LogP contribution is -2.46. The molecule has 2 rings (SSSR count). The van der Waals surface area contributed by atoms with Gasteiger partial charge in [-0.2, -0.15) is 0 Å². The molecule has 0 aliphatic carbocycles. The zero-order chi connectivity index (χ0) is 14.8. The number of piperidine rings is 1. The quantitative estimate of drug-likeness (QED) is 0.742. The first-order valence-electron chi connectivity index (χ1n) is 6.52. The molecule has 1 aliphatic rings. The highest BCUT2D eigenvalue weighted by molar-refractivity contribution is 7.89. The molecule has 2 unspecified atom stereocenters. The summed E-state index contributed by atoms with van der Waals surface area (Å²) < 4.78 is 22.7. The zero-order valence-corrected chi connectivity index (χ0v) is 12.1. The normalized spacial score (nSPS) is 21.3. The number of hydrogen-bond donors (Lipinski definition) is 3. The number of rotatable bonds is 4. The first-order valence-corrected chi connectivity index (χ1v) is 8.06. The van der Waals surface area contributed by atoms with Crippen molar-refractivity contribution in [2.45, 2.75) is 36.7 Å². The third-order valence-corrected chi connectivity index (χ3v) is 4.35. The van der Waals surface area contributed by atoms with Crippen molar-refractivity contribution < 1.29 is 13.2 Å². The molecule has 1 fully saturated rings. The van der Waals surface area contributed by atoms with Gasteiger partial charge in [0.25, 0.3) is 0 Å². The Morgan fingerprint density at radius 1 is 1.45 bits per heavy atom. The Bertz CT molecular complexity index is 591. The summed E-state index contributed by atoms with van der Waals surface area (Å²) in [5, 5.41) is 11.3. The van der Waals surface area contributed by atoms with E-state index in [1.807, 2.05) is 13.0 Å². The van der Waals surface area contributed by atoms with Crippen LogP contribution < -0.4 is 15.8 Å². The molecule has 1 saturated heterocycles. The summed E-state index contributed by atoms with van der Waals surface area (Å²) >= 11 is 0. The van der Waals surface area contributed by atoms with E-state index in [2.05, 4.69) is 10.6 Å². The summed E-state index contributed by atoms with van der Waals surface area (Å²) in [6, 6.07) is 6.77. The lowest BCUT2D eigenvalue weighted by atomic mass is 10.0. The summed E-state index contributed by atoms with van der Waals surface area (Å²) in [7, 11) is -3.68. The molecule has 6 nitrogen and oxygen atoms in total. The van der Waals surface area contributed by atoms with Gasteiger partial charge in [0.2, 0.25) is 15.9 Å². The van der Waals surface area contributed by atoms with E-state index in [1.165, 1.54) is 6.07 Å². The predicted octanol–water partition coefficient (Wildman–Crippen LogP) is 0.263. The molecule has 0 bridgehead atoms. The van der Waals surface area contributed by atoms with Gasteiger partial charge in [0.1, 0.15) is 0 Å². The van der Waals surface area contributed by atoms with E-state index in [9.17, 15) is 13.2 Å². The second-order valence-electron chi connectivity index (χ2n) is 5.05. The van der Waals surface area contributed by atoms with Crippen LogP contribution in [0.2, 0.25) is 0 Å². The van der Waals surface area contributed by atoms with Gasteiger partial charge in [0.05, 0.1) is 4.90 Å². The number of carbonyl (C=O) groups is 1. The molecule has 1 amide bonds. The molecule has 20 heavy (non-hydrogen) atoms. The molecule has 4 N–H and O–H groups in total. The summed E-state index contributed by atoms with van der Waals surface area (Å²) in [5.41, 5.74) is 0.855. The van der Waals surface area contributed by atoms with Crippen LogP contribution in [0.1, 0.15) is 31.4 Å². The first-order chi connectivity index (χ1) is 9.36. The van der Waals surface area contributed by atoms with Crippen LogP contribution in [-0.4, -0.2) is 26.9 Å². The van der Waals surface area contributed by atoms with Crippen molar-refractivity contribution in [3.8, 4) is 0 Å². The molecule has 1 aromatic carbocycles. The lowest BCUT2D eigenvalue weighted by Gasteiger charge is -2.27. The SMILES string of the molecule is CC(NC1CCC(=O)NC1)c1cccc(S(N)(=O)=O)c1. The van der Waals surface area contributed by atoms with Crippen LogP contribution >= 0.6 is 0 Å². The molecular weight excluding hydrogens is 278 g/mol. The molecular formula is C13H19N3O3S. The largest absolute Gasteiger partial charge is 0.355 e. The van der Waals surface area contributed by atoms with Crippen molar-refractivity contribution in [1.82, 2.24) is 10.6 Å². The Kier molecular flexibility index (Phi) is 4.42. The molecule has 1 aromatic rings. The van der Waals surface area contributed by atoms with Crippen LogP contribution in [0.3, 0.4) is 0 Å². The Balaban J connectivity index is 2.06. The average molecular weight is 297 g/mol. The number of nitrogens with one attached hydrogen (secondary N) is 2. The van der Waals surface area contributed by atoms with Gasteiger partial charge in [-0.05, 0) is 31.0 Å². The van der Waals surface area contributed by atoms with Crippen molar-refractivity contribution in [1.29, 1.82) is 0 Å². The number of primary sulfonamides is 1. The zero-order valence-electron chi connectivity index (χ0n) is 11.3. The molecule has 0 saturated carbocycles. The minimum Gasteiger partial charge on any atom is -0.355 e. The smallest absolute Gasteiger partial charge is 0.238 e. The minimum absolute atomic E-state index is 0.0169. The number of hydrogen-bond acceptors (Lipinski definition) is 4. The second-order valence-corrected chi connectivity index (χ2v) is 6.61. The Hall–Kier alpha value is -1.44. The molecule has 110 valence electrons. The van der Waals surface area contributed by atoms with Crippen LogP contribution in [0.5, 0.6) is 0 Å². The summed E-state index contributed by atoms with van der Waals surface area (Å²) in [6.45, 7) is 2.55. The van der Waals surface area contributed by atoms with Crippen LogP contribution in [0.15, 0.2) is 29.2 Å². The van der Waals surface area contributed by atoms with Crippen LogP contribution in [0.4, 0.5) is 0 Å². The maximum absolute atomic E-state index is 11.3. The van der Waals surface area contributed by atoms with E-state index in [0.717, 1.165) is 12.0 Å². The van der Waals surface area contributed by atoms with Crippen molar-refractivity contribution in [3.05, 3.63) is 29.8 Å². The van der Waals surface area contributed by atoms with Gasteiger partial charge >= 0.3 is 0 Å². The lowest BCUT2D eigenvalue weighted by molar-refractivity contribution is -0.122. The van der Waals surface area contributed by atoms with Crippen molar-refractivity contribution in [2.75, 3.05) is 6.54 Å². The van der Waals surface area contributed by atoms with Gasteiger partial charge in [-0.3, -0.25) is 4.79 Å². The van der Waals surface area contributed by atoms with Crippen LogP contribution in [-0.2, 0) is 14.8 Å². The monoisotopic (exact) mass is 297 g/mol. The highest BCUT2D eigenvalue weighted by Crippen LogP contribution is 2.18. The van der Waals surface area contributed by atoms with Gasteiger partial charge in [0, 0.05) is 25.0 Å². The second kappa shape index (κ2) is 5.90. The standard InChI is InChI=1S/C13H19N3O3S/c1-9(16-11-5-6-13(17)15-8-11)10-3-2-4-12(7-10)20(14,18)19/h2-4,7,9,11,16H,5-6,8H2,1H3,(H,15,17)(H2,14,18,19). The molecule has 2 atom stereocenters. The molecule has 1 heterocycles. The van der Waals surface area contributed by atoms with E-state index in [-0.39, 0.29) is 22.9 Å². The average Bonchev–Trinajstić information content (AvgIpc) is 2.40. The highest BCUT2D eigenvalue weighted by Gasteiger charge is 2.20. The molecule has 0 radical (unpaired) electrons. The summed E-state index contributed by atoms with van der Waals surface area (Å²) in [6.07, 6.45) is 1.30. The fourth-order valence-corrected chi connectivity index (χ4v) is 2.85. The highest BCUT2D eigenvalue weighted by atomic mass is 32.2. The van der Waals surface area contributed by atoms with E-state index < -0.39 is 10.0 Å². The van der Waals surface area contributed by atoms with Gasteiger partial charge in [0.15, 0.2) is 0 Å². The maximum Gasteiger partial charge on any atom is 0.238 e. The molecule has 0 aromatic heterocycles. The Morgan fingerprint density at radius 3 is 2.80 bits per heavy atom. The molecule has 0 spiro atoms. The van der Waals surface area contributed by atoms with Crippen molar-refractivity contribution in [2.24, 2.45) is 5.14 Å². The Morgan fingerprint density at radius 2 is 2.20 bits per heavy atom. The maximum atomic E-state index is 11.3. The van der Waals surface area contributed by atoms with Crippen LogP contribution in [0, 0.1) is 0 Å². The predicted molar refractivity (Wildman–Crippen MR) is 75.4 cm³/mol. The number of sulfonamides is 1. The minimum atomic E-state index is -3.68.